The summed E-state index contributed by atoms with van der Waals surface area (Å²) in [5, 5.41) is 22.2. The van der Waals surface area contributed by atoms with E-state index >= 15 is 0 Å². The number of hydrogen-bond donors (Lipinski definition) is 4. The average Bonchev–Trinajstić information content (AvgIpc) is 2.79. The number of nitrogens with zero attached hydrogens (tertiary/aromatic N) is 1. The lowest BCUT2D eigenvalue weighted by atomic mass is 10.1. The molecule has 0 bridgehead atoms. The van der Waals surface area contributed by atoms with Gasteiger partial charge in [0.1, 0.15) is 12.1 Å². The second-order valence-corrected chi connectivity index (χ2v) is 15.1. The number of carbonyl (C=O) groups is 2. The van der Waals surface area contributed by atoms with Crippen molar-refractivity contribution in [1.82, 2.24) is 10.9 Å². The predicted octanol–water partition coefficient (Wildman–Crippen LogP) is 4.36. The Balaban J connectivity index is 1.95. The highest BCUT2D eigenvalue weighted by Crippen LogP contribution is 2.37. The number of aliphatic hydroxyl groups excluding tert-OH is 1. The zero-order valence-corrected chi connectivity index (χ0v) is 22.7. The van der Waals surface area contributed by atoms with Crippen LogP contribution in [0, 0.1) is 11.3 Å². The molecule has 0 aliphatic rings. The number of hydrazine groups is 1. The van der Waals surface area contributed by atoms with Crippen molar-refractivity contribution in [1.29, 1.82) is 5.26 Å². The first-order valence-electron chi connectivity index (χ1n) is 11.2. The van der Waals surface area contributed by atoms with Gasteiger partial charge in [-0.1, -0.05) is 44.5 Å². The van der Waals surface area contributed by atoms with Crippen molar-refractivity contribution in [2.75, 3.05) is 5.32 Å². The summed E-state index contributed by atoms with van der Waals surface area (Å²) in [6.07, 6.45) is -1.08. The molecule has 0 aliphatic heterocycles. The Morgan fingerprint density at radius 1 is 1.14 bits per heavy atom. The lowest BCUT2D eigenvalue weighted by Crippen LogP contribution is -2.52. The Morgan fingerprint density at radius 3 is 2.29 bits per heavy atom. The predicted molar refractivity (Wildman–Crippen MR) is 139 cm³/mol. The van der Waals surface area contributed by atoms with Gasteiger partial charge in [-0.05, 0) is 61.0 Å². The van der Waals surface area contributed by atoms with Crippen molar-refractivity contribution in [3.63, 3.8) is 0 Å². The Morgan fingerprint density at radius 2 is 1.77 bits per heavy atom. The molecule has 4 N–H and O–H groups in total. The highest BCUT2D eigenvalue weighted by molar-refractivity contribution is 6.74. The van der Waals surface area contributed by atoms with Crippen LogP contribution in [0.2, 0.25) is 23.2 Å². The molecule has 2 rings (SSSR count). The van der Waals surface area contributed by atoms with Crippen molar-refractivity contribution in [3.8, 4) is 6.07 Å². The first-order valence-corrected chi connectivity index (χ1v) is 14.5. The summed E-state index contributed by atoms with van der Waals surface area (Å²) in [6.45, 7) is 12.8. The van der Waals surface area contributed by atoms with Gasteiger partial charge in [0.2, 0.25) is 0 Å². The highest BCUT2D eigenvalue weighted by atomic mass is 35.5. The maximum absolute atomic E-state index is 12.6. The summed E-state index contributed by atoms with van der Waals surface area (Å²) in [7, 11) is -1.88. The molecule has 0 saturated heterocycles. The SMILES string of the molecule is C[C@H](O)[C@@H](Nc1ccc(C#N)c(Cl)c1)C(=O)NNC(=O)c1ccc(CO[Si](C)(C)C(C)(C)C)cc1. The van der Waals surface area contributed by atoms with Crippen LogP contribution in [0.25, 0.3) is 0 Å². The maximum atomic E-state index is 12.6. The lowest BCUT2D eigenvalue weighted by Gasteiger charge is -2.36. The number of nitrogens with one attached hydrogen (secondary N) is 3. The van der Waals surface area contributed by atoms with Gasteiger partial charge in [0.25, 0.3) is 11.8 Å². The first-order chi connectivity index (χ1) is 16.2. The van der Waals surface area contributed by atoms with Crippen LogP contribution in [0.15, 0.2) is 42.5 Å². The summed E-state index contributed by atoms with van der Waals surface area (Å²) in [4.78, 5) is 25.1. The number of amides is 2. The molecule has 0 unspecified atom stereocenters. The Kier molecular flexibility index (Phi) is 9.46. The third-order valence-corrected chi connectivity index (χ3v) is 10.9. The van der Waals surface area contributed by atoms with Crippen LogP contribution in [0.1, 0.15) is 49.2 Å². The molecule has 2 atom stereocenters. The van der Waals surface area contributed by atoms with E-state index in [9.17, 15) is 14.7 Å². The first kappa shape index (κ1) is 28.3. The fourth-order valence-electron chi connectivity index (χ4n) is 2.78. The molecule has 0 aliphatic carbocycles. The van der Waals surface area contributed by atoms with Gasteiger partial charge in [-0.2, -0.15) is 5.26 Å². The molecule has 8 nitrogen and oxygen atoms in total. The van der Waals surface area contributed by atoms with Gasteiger partial charge in [-0.3, -0.25) is 20.4 Å². The number of rotatable bonds is 8. The number of halogens is 1. The lowest BCUT2D eigenvalue weighted by molar-refractivity contribution is -0.124. The van der Waals surface area contributed by atoms with Crippen LogP contribution >= 0.6 is 11.6 Å². The number of anilines is 1. The van der Waals surface area contributed by atoms with Gasteiger partial charge in [0.05, 0.1) is 23.3 Å². The van der Waals surface area contributed by atoms with Crippen molar-refractivity contribution in [2.24, 2.45) is 0 Å². The third-order valence-electron chi connectivity index (χ3n) is 6.10. The van der Waals surface area contributed by atoms with Crippen LogP contribution < -0.4 is 16.2 Å². The molecular weight excluding hydrogens is 484 g/mol. The van der Waals surface area contributed by atoms with Crippen LogP contribution in [0.4, 0.5) is 5.69 Å². The van der Waals surface area contributed by atoms with E-state index in [2.05, 4.69) is 50.0 Å². The number of carbonyl (C=O) groups excluding carboxylic acids is 2. The topological polar surface area (TPSA) is 123 Å². The molecule has 0 aromatic heterocycles. The summed E-state index contributed by atoms with van der Waals surface area (Å²) >= 11 is 6.03. The Bertz CT molecular complexity index is 1090. The van der Waals surface area contributed by atoms with E-state index in [-0.39, 0.29) is 10.1 Å². The van der Waals surface area contributed by atoms with Gasteiger partial charge < -0.3 is 14.8 Å². The standard InChI is InChI=1S/C25H33ClN4O4Si/c1-16(31)22(28-20-12-11-19(14-27)21(26)13-20)24(33)30-29-23(32)18-9-7-17(8-10-18)15-34-35(5,6)25(2,3)4/h7-13,16,22,28,31H,15H2,1-6H3,(H,29,32)(H,30,33)/t16-,22+/m0/s1. The van der Waals surface area contributed by atoms with E-state index in [1.165, 1.54) is 19.1 Å². The van der Waals surface area contributed by atoms with Gasteiger partial charge in [0, 0.05) is 11.3 Å². The number of benzene rings is 2. The summed E-state index contributed by atoms with van der Waals surface area (Å²) in [5.74, 6) is -1.14. The fraction of sp³-hybridized carbons (Fsp3) is 0.400. The summed E-state index contributed by atoms with van der Waals surface area (Å²) in [5.41, 5.74) is 6.74. The molecule has 2 aromatic carbocycles. The number of hydrogen-bond acceptors (Lipinski definition) is 6. The van der Waals surface area contributed by atoms with E-state index in [1.807, 2.05) is 18.2 Å². The monoisotopic (exact) mass is 516 g/mol. The summed E-state index contributed by atoms with van der Waals surface area (Å²) in [6, 6.07) is 12.4. The molecule has 2 aromatic rings. The smallest absolute Gasteiger partial charge is 0.269 e. The minimum Gasteiger partial charge on any atom is -0.413 e. The maximum Gasteiger partial charge on any atom is 0.269 e. The van der Waals surface area contributed by atoms with Crippen molar-refractivity contribution < 1.29 is 19.1 Å². The van der Waals surface area contributed by atoms with Crippen LogP contribution in [-0.2, 0) is 15.8 Å². The highest BCUT2D eigenvalue weighted by Gasteiger charge is 2.37. The van der Waals surface area contributed by atoms with Gasteiger partial charge in [-0.15, -0.1) is 0 Å². The van der Waals surface area contributed by atoms with Crippen LogP contribution in [0.3, 0.4) is 0 Å². The average molecular weight is 517 g/mol. The molecular formula is C25H33ClN4O4Si. The third kappa shape index (κ3) is 7.80. The molecule has 0 radical (unpaired) electrons. The van der Waals surface area contributed by atoms with Gasteiger partial charge in [0.15, 0.2) is 8.32 Å². The van der Waals surface area contributed by atoms with Crippen LogP contribution in [-0.4, -0.2) is 37.4 Å². The van der Waals surface area contributed by atoms with Gasteiger partial charge >= 0.3 is 0 Å². The number of aliphatic hydroxyl groups is 1. The van der Waals surface area contributed by atoms with Crippen molar-refractivity contribution in [2.45, 2.75) is 64.6 Å². The van der Waals surface area contributed by atoms with Crippen LogP contribution in [0.5, 0.6) is 0 Å². The zero-order valence-electron chi connectivity index (χ0n) is 20.9. The second-order valence-electron chi connectivity index (χ2n) is 9.86. The quantitative estimate of drug-likeness (QED) is 0.305. The molecule has 10 heteroatoms. The largest absolute Gasteiger partial charge is 0.413 e. The molecule has 0 spiro atoms. The molecule has 188 valence electrons. The van der Waals surface area contributed by atoms with E-state index in [4.69, 9.17) is 21.3 Å². The fourth-order valence-corrected chi connectivity index (χ4v) is 3.96. The van der Waals surface area contributed by atoms with Crippen molar-refractivity contribution in [3.05, 3.63) is 64.2 Å². The second kappa shape index (κ2) is 11.7. The molecule has 0 fully saturated rings. The molecule has 0 saturated carbocycles. The summed E-state index contributed by atoms with van der Waals surface area (Å²) < 4.78 is 6.20. The van der Waals surface area contributed by atoms with Crippen molar-refractivity contribution >= 4 is 37.4 Å². The van der Waals surface area contributed by atoms with E-state index in [1.54, 1.807) is 18.2 Å². The molecule has 35 heavy (non-hydrogen) atoms. The Labute approximate surface area is 212 Å². The van der Waals surface area contributed by atoms with E-state index < -0.39 is 32.3 Å². The van der Waals surface area contributed by atoms with Gasteiger partial charge in [-0.25, -0.2) is 0 Å². The number of nitriles is 1. The minimum atomic E-state index is -1.88. The molecule has 0 heterocycles. The normalized spacial score (nSPS) is 13.3. The molecule has 2 amide bonds. The Hall–Kier alpha value is -2.90. The van der Waals surface area contributed by atoms with E-state index in [0.29, 0.717) is 23.4 Å². The zero-order chi connectivity index (χ0) is 26.4. The van der Waals surface area contributed by atoms with E-state index in [0.717, 1.165) is 5.56 Å². The minimum absolute atomic E-state index is 0.107.